The van der Waals surface area contributed by atoms with E-state index in [9.17, 15) is 9.59 Å². The second-order valence-corrected chi connectivity index (χ2v) is 5.92. The molecule has 7 nitrogen and oxygen atoms in total. The van der Waals surface area contributed by atoms with Crippen LogP contribution in [0.3, 0.4) is 0 Å². The van der Waals surface area contributed by atoms with Crippen LogP contribution in [0.25, 0.3) is 0 Å². The summed E-state index contributed by atoms with van der Waals surface area (Å²) >= 11 is 0. The molecule has 3 rings (SSSR count). The van der Waals surface area contributed by atoms with Crippen molar-refractivity contribution in [2.24, 2.45) is 13.0 Å². The van der Waals surface area contributed by atoms with E-state index >= 15 is 0 Å². The maximum Gasteiger partial charge on any atom is 0.339 e. The summed E-state index contributed by atoms with van der Waals surface area (Å²) in [5.74, 6) is -0.00534. The van der Waals surface area contributed by atoms with Gasteiger partial charge in [0.2, 0.25) is 0 Å². The fourth-order valence-corrected chi connectivity index (χ4v) is 2.92. The van der Waals surface area contributed by atoms with Crippen molar-refractivity contribution in [2.45, 2.75) is 12.3 Å². The van der Waals surface area contributed by atoms with Crippen molar-refractivity contribution >= 4 is 11.9 Å². The van der Waals surface area contributed by atoms with Gasteiger partial charge in [-0.05, 0) is 36.0 Å². The van der Waals surface area contributed by atoms with Gasteiger partial charge < -0.3 is 15.2 Å². The normalized spacial score (nSPS) is 18.9. The number of carbonyl (C=O) groups is 2. The standard InChI is InChI=1S/C17H19N3O4/c1-20-15(14(9-19-20)17(22)23)16(21)18-8-11-7-13(11)10-4-3-5-12(6-10)24-2/h3-6,9,11,13H,7-8H2,1-2H3,(H,18,21)(H,22,23)/t11-,13-/m0/s1. The van der Waals surface area contributed by atoms with Crippen LogP contribution in [0.5, 0.6) is 5.75 Å². The molecule has 0 unspecified atom stereocenters. The monoisotopic (exact) mass is 329 g/mol. The molecule has 0 aliphatic heterocycles. The number of carboxylic acids is 1. The van der Waals surface area contributed by atoms with Crippen LogP contribution in [-0.2, 0) is 7.05 Å². The summed E-state index contributed by atoms with van der Waals surface area (Å²) in [6.07, 6.45) is 2.18. The summed E-state index contributed by atoms with van der Waals surface area (Å²) in [6.45, 7) is 0.505. The number of benzene rings is 1. The molecule has 1 fully saturated rings. The number of amides is 1. The van der Waals surface area contributed by atoms with Gasteiger partial charge in [-0.15, -0.1) is 0 Å². The summed E-state index contributed by atoms with van der Waals surface area (Å²) in [7, 11) is 3.19. The van der Waals surface area contributed by atoms with Gasteiger partial charge in [0.15, 0.2) is 0 Å². The molecule has 2 atom stereocenters. The van der Waals surface area contributed by atoms with E-state index in [0.717, 1.165) is 12.2 Å². The van der Waals surface area contributed by atoms with Gasteiger partial charge in [-0.3, -0.25) is 9.48 Å². The van der Waals surface area contributed by atoms with Crippen LogP contribution in [-0.4, -0.2) is 40.4 Å². The molecule has 1 aromatic carbocycles. The van der Waals surface area contributed by atoms with Gasteiger partial charge in [-0.2, -0.15) is 5.10 Å². The zero-order chi connectivity index (χ0) is 17.3. The lowest BCUT2D eigenvalue weighted by Crippen LogP contribution is -2.29. The van der Waals surface area contributed by atoms with Crippen molar-refractivity contribution < 1.29 is 19.4 Å². The quantitative estimate of drug-likeness (QED) is 0.841. The molecule has 126 valence electrons. The highest BCUT2D eigenvalue weighted by molar-refractivity contribution is 6.03. The van der Waals surface area contributed by atoms with E-state index in [1.165, 1.54) is 16.4 Å². The van der Waals surface area contributed by atoms with Gasteiger partial charge in [0.1, 0.15) is 17.0 Å². The summed E-state index contributed by atoms with van der Waals surface area (Å²) in [5, 5.41) is 15.8. The lowest BCUT2D eigenvalue weighted by molar-refractivity contribution is 0.0690. The van der Waals surface area contributed by atoms with Crippen molar-refractivity contribution in [3.63, 3.8) is 0 Å². The molecule has 1 aliphatic carbocycles. The van der Waals surface area contributed by atoms with Gasteiger partial charge in [-0.25, -0.2) is 4.79 Å². The first kappa shape index (κ1) is 16.0. The molecule has 0 spiro atoms. The van der Waals surface area contributed by atoms with Gasteiger partial charge in [0.05, 0.1) is 13.3 Å². The highest BCUT2D eigenvalue weighted by atomic mass is 16.5. The third-order valence-corrected chi connectivity index (χ3v) is 4.35. The Balaban J connectivity index is 1.60. The second-order valence-electron chi connectivity index (χ2n) is 5.92. The van der Waals surface area contributed by atoms with E-state index in [1.807, 2.05) is 18.2 Å². The number of carbonyl (C=O) groups excluding carboxylic acids is 1. The average molecular weight is 329 g/mol. The van der Waals surface area contributed by atoms with Gasteiger partial charge in [0, 0.05) is 13.6 Å². The maximum atomic E-state index is 12.3. The highest BCUT2D eigenvalue weighted by Crippen LogP contribution is 2.47. The number of hydrogen-bond donors (Lipinski definition) is 2. The van der Waals surface area contributed by atoms with Gasteiger partial charge >= 0.3 is 5.97 Å². The molecule has 1 saturated carbocycles. The lowest BCUT2D eigenvalue weighted by Gasteiger charge is -2.07. The summed E-state index contributed by atoms with van der Waals surface area (Å²) < 4.78 is 6.51. The first-order valence-corrected chi connectivity index (χ1v) is 7.68. The number of carboxylic acid groups (broad SMARTS) is 1. The largest absolute Gasteiger partial charge is 0.497 e. The predicted molar refractivity (Wildman–Crippen MR) is 86.3 cm³/mol. The van der Waals surface area contributed by atoms with E-state index in [4.69, 9.17) is 9.84 Å². The Kier molecular flexibility index (Phi) is 4.24. The Morgan fingerprint density at radius 2 is 2.25 bits per heavy atom. The molecule has 0 radical (unpaired) electrons. The Labute approximate surface area is 139 Å². The number of aromatic nitrogens is 2. The zero-order valence-corrected chi connectivity index (χ0v) is 13.5. The molecule has 0 saturated heterocycles. The minimum atomic E-state index is -1.16. The summed E-state index contributed by atoms with van der Waals surface area (Å²) in [5.41, 5.74) is 1.18. The van der Waals surface area contributed by atoms with Crippen LogP contribution in [0.1, 0.15) is 38.7 Å². The number of nitrogens with one attached hydrogen (secondary N) is 1. The number of methoxy groups -OCH3 is 1. The molecule has 2 N–H and O–H groups in total. The molecule has 7 heteroatoms. The van der Waals surface area contributed by atoms with E-state index in [2.05, 4.69) is 16.5 Å². The van der Waals surface area contributed by atoms with E-state index in [1.54, 1.807) is 14.2 Å². The number of ether oxygens (including phenoxy) is 1. The first-order valence-electron chi connectivity index (χ1n) is 7.68. The number of aryl methyl sites for hydroxylation is 1. The van der Waals surface area contributed by atoms with Crippen LogP contribution >= 0.6 is 0 Å². The fraction of sp³-hybridized carbons (Fsp3) is 0.353. The number of nitrogens with zero attached hydrogens (tertiary/aromatic N) is 2. The third kappa shape index (κ3) is 3.10. The third-order valence-electron chi connectivity index (χ3n) is 4.35. The Morgan fingerprint density at radius 1 is 1.46 bits per heavy atom. The molecule has 1 aliphatic rings. The van der Waals surface area contributed by atoms with E-state index in [-0.39, 0.29) is 11.3 Å². The molecule has 1 amide bonds. The molecular formula is C17H19N3O4. The Bertz CT molecular complexity index is 784. The van der Waals surface area contributed by atoms with Gasteiger partial charge in [0.25, 0.3) is 5.91 Å². The zero-order valence-electron chi connectivity index (χ0n) is 13.5. The van der Waals surface area contributed by atoms with Crippen LogP contribution in [0.4, 0.5) is 0 Å². The number of hydrogen-bond acceptors (Lipinski definition) is 4. The SMILES string of the molecule is COc1cccc([C@@H]2C[C@H]2CNC(=O)c2c(C(=O)O)cnn2C)c1. The summed E-state index contributed by atoms with van der Waals surface area (Å²) in [6, 6.07) is 7.92. The van der Waals surface area contributed by atoms with Crippen molar-refractivity contribution in [3.05, 3.63) is 47.3 Å². The summed E-state index contributed by atoms with van der Waals surface area (Å²) in [4.78, 5) is 23.4. The van der Waals surface area contributed by atoms with Crippen LogP contribution in [0, 0.1) is 5.92 Å². The molecule has 24 heavy (non-hydrogen) atoms. The molecule has 1 heterocycles. The molecular weight excluding hydrogens is 310 g/mol. The topological polar surface area (TPSA) is 93.4 Å². The second kappa shape index (κ2) is 6.35. The van der Waals surface area contributed by atoms with Crippen molar-refractivity contribution in [1.29, 1.82) is 0 Å². The smallest absolute Gasteiger partial charge is 0.339 e. The average Bonchev–Trinajstić information content (AvgIpc) is 3.25. The van der Waals surface area contributed by atoms with Gasteiger partial charge in [-0.1, -0.05) is 12.1 Å². The molecule has 1 aromatic heterocycles. The maximum absolute atomic E-state index is 12.3. The number of aromatic carboxylic acids is 1. The van der Waals surface area contributed by atoms with E-state index < -0.39 is 11.9 Å². The molecule has 0 bridgehead atoms. The fourth-order valence-electron chi connectivity index (χ4n) is 2.92. The van der Waals surface area contributed by atoms with Crippen LogP contribution in [0.2, 0.25) is 0 Å². The predicted octanol–water partition coefficient (Wildman–Crippen LogP) is 1.66. The van der Waals surface area contributed by atoms with Crippen LogP contribution < -0.4 is 10.1 Å². The van der Waals surface area contributed by atoms with E-state index in [0.29, 0.717) is 18.4 Å². The van der Waals surface area contributed by atoms with Crippen molar-refractivity contribution in [1.82, 2.24) is 15.1 Å². The minimum Gasteiger partial charge on any atom is -0.497 e. The minimum absolute atomic E-state index is 0.0704. The van der Waals surface area contributed by atoms with Crippen molar-refractivity contribution in [3.8, 4) is 5.75 Å². The van der Waals surface area contributed by atoms with Crippen molar-refractivity contribution in [2.75, 3.05) is 13.7 Å². The highest BCUT2D eigenvalue weighted by Gasteiger charge is 2.38. The lowest BCUT2D eigenvalue weighted by atomic mass is 10.1. The molecule has 2 aromatic rings. The number of rotatable bonds is 6. The first-order chi connectivity index (χ1) is 11.5. The Hall–Kier alpha value is -2.83. The Morgan fingerprint density at radius 3 is 2.96 bits per heavy atom. The van der Waals surface area contributed by atoms with Crippen LogP contribution in [0.15, 0.2) is 30.5 Å².